The number of nitrogens with one attached hydrogen (secondary N) is 1. The molecule has 0 aliphatic carbocycles. The number of nitrogens with zero attached hydrogens (tertiary/aromatic N) is 2. The van der Waals surface area contributed by atoms with Crippen LogP contribution >= 0.6 is 15.9 Å². The minimum Gasteiger partial charge on any atom is -0.295 e. The molecule has 0 bridgehead atoms. The van der Waals surface area contributed by atoms with Crippen LogP contribution in [0.1, 0.15) is 5.56 Å². The van der Waals surface area contributed by atoms with Crippen molar-refractivity contribution in [3.8, 4) is 0 Å². The van der Waals surface area contributed by atoms with Crippen molar-refractivity contribution in [2.24, 2.45) is 0 Å². The van der Waals surface area contributed by atoms with Crippen LogP contribution in [0.5, 0.6) is 0 Å². The highest BCUT2D eigenvalue weighted by Crippen LogP contribution is 2.20. The van der Waals surface area contributed by atoms with E-state index in [0.29, 0.717) is 0 Å². The fraction of sp³-hybridized carbons (Fsp3) is 0.0909. The highest BCUT2D eigenvalue weighted by atomic mass is 79.9. The summed E-state index contributed by atoms with van der Waals surface area (Å²) in [7, 11) is 0. The Bertz CT molecular complexity index is 799. The largest absolute Gasteiger partial charge is 0.328 e. The summed E-state index contributed by atoms with van der Waals surface area (Å²) in [6.45, 7) is -0.234. The first-order valence-electron chi connectivity index (χ1n) is 5.31. The van der Waals surface area contributed by atoms with E-state index in [9.17, 15) is 24.1 Å². The summed E-state index contributed by atoms with van der Waals surface area (Å²) in [6, 6.07) is 3.68. The lowest BCUT2D eigenvalue weighted by atomic mass is 10.2. The van der Waals surface area contributed by atoms with Crippen LogP contribution in [0.3, 0.4) is 0 Å². The molecule has 0 saturated carbocycles. The Kier molecular flexibility index (Phi) is 3.79. The highest BCUT2D eigenvalue weighted by Gasteiger charge is 2.17. The van der Waals surface area contributed by atoms with Crippen molar-refractivity contribution in [1.29, 1.82) is 0 Å². The molecule has 0 saturated heterocycles. The molecule has 0 radical (unpaired) electrons. The summed E-state index contributed by atoms with van der Waals surface area (Å²) in [4.78, 5) is 34.6. The minimum absolute atomic E-state index is 0.0275. The van der Waals surface area contributed by atoms with Crippen molar-refractivity contribution in [3.05, 3.63) is 71.2 Å². The van der Waals surface area contributed by atoms with E-state index in [-0.39, 0.29) is 16.6 Å². The summed E-state index contributed by atoms with van der Waals surface area (Å²) in [5, 5.41) is 10.6. The maximum Gasteiger partial charge on any atom is 0.328 e. The van der Waals surface area contributed by atoms with E-state index in [4.69, 9.17) is 0 Å². The summed E-state index contributed by atoms with van der Waals surface area (Å²) in [5.74, 6) is -1.01. The third kappa shape index (κ3) is 2.67. The molecule has 20 heavy (non-hydrogen) atoms. The first-order chi connectivity index (χ1) is 9.40. The first-order valence-corrected chi connectivity index (χ1v) is 6.10. The van der Waals surface area contributed by atoms with Gasteiger partial charge in [0, 0.05) is 17.8 Å². The van der Waals surface area contributed by atoms with E-state index in [0.717, 1.165) is 10.6 Å². The van der Waals surface area contributed by atoms with E-state index < -0.39 is 27.7 Å². The van der Waals surface area contributed by atoms with Gasteiger partial charge in [-0.1, -0.05) is 12.1 Å². The molecule has 9 heteroatoms. The molecule has 2 aromatic rings. The maximum absolute atomic E-state index is 13.9. The second kappa shape index (κ2) is 5.37. The van der Waals surface area contributed by atoms with Gasteiger partial charge in [0.25, 0.3) is 5.56 Å². The Balaban J connectivity index is 2.48. The Labute approximate surface area is 119 Å². The lowest BCUT2D eigenvalue weighted by Gasteiger charge is -2.06. The molecule has 104 valence electrons. The monoisotopic (exact) mass is 343 g/mol. The predicted molar refractivity (Wildman–Crippen MR) is 71.2 cm³/mol. The summed E-state index contributed by atoms with van der Waals surface area (Å²) in [6.07, 6.45) is 1.19. The van der Waals surface area contributed by atoms with Crippen molar-refractivity contribution in [2.75, 3.05) is 0 Å². The number of H-pyrrole nitrogens is 1. The number of benzene rings is 1. The molecule has 0 aliphatic heterocycles. The van der Waals surface area contributed by atoms with E-state index in [1.807, 2.05) is 4.98 Å². The van der Waals surface area contributed by atoms with E-state index in [1.165, 1.54) is 18.3 Å². The van der Waals surface area contributed by atoms with Crippen molar-refractivity contribution in [1.82, 2.24) is 9.55 Å². The number of aromatic nitrogens is 2. The second-order valence-corrected chi connectivity index (χ2v) is 4.73. The molecule has 1 heterocycles. The van der Waals surface area contributed by atoms with Crippen LogP contribution in [0.15, 0.2) is 38.5 Å². The fourth-order valence-corrected chi connectivity index (χ4v) is 1.96. The number of rotatable bonds is 3. The van der Waals surface area contributed by atoms with Crippen LogP contribution in [0.25, 0.3) is 0 Å². The topological polar surface area (TPSA) is 98.0 Å². The highest BCUT2D eigenvalue weighted by molar-refractivity contribution is 9.10. The Morgan fingerprint density at radius 3 is 2.75 bits per heavy atom. The molecule has 1 aromatic carbocycles. The average Bonchev–Trinajstić information content (AvgIpc) is 2.37. The van der Waals surface area contributed by atoms with Crippen LogP contribution in [-0.4, -0.2) is 14.5 Å². The first kappa shape index (κ1) is 14.1. The van der Waals surface area contributed by atoms with Gasteiger partial charge in [-0.05, 0) is 15.9 Å². The van der Waals surface area contributed by atoms with Crippen molar-refractivity contribution in [3.63, 3.8) is 0 Å². The number of hydrogen-bond donors (Lipinski definition) is 1. The lowest BCUT2D eigenvalue weighted by Crippen LogP contribution is -2.30. The van der Waals surface area contributed by atoms with Gasteiger partial charge in [0.15, 0.2) is 0 Å². The van der Waals surface area contributed by atoms with Gasteiger partial charge in [-0.3, -0.25) is 24.5 Å². The van der Waals surface area contributed by atoms with Crippen molar-refractivity contribution >= 4 is 21.6 Å². The third-order valence-electron chi connectivity index (χ3n) is 2.56. The van der Waals surface area contributed by atoms with Gasteiger partial charge in [-0.15, -0.1) is 0 Å². The zero-order valence-electron chi connectivity index (χ0n) is 9.80. The number of halogens is 2. The normalized spacial score (nSPS) is 10.5. The van der Waals surface area contributed by atoms with Crippen LogP contribution in [0.4, 0.5) is 10.1 Å². The summed E-state index contributed by atoms with van der Waals surface area (Å²) in [5.41, 5.74) is -2.03. The minimum atomic E-state index is -1.01. The third-order valence-corrected chi connectivity index (χ3v) is 3.13. The number of hydrogen-bond acceptors (Lipinski definition) is 4. The van der Waals surface area contributed by atoms with Gasteiger partial charge >= 0.3 is 11.4 Å². The standard InChI is InChI=1S/C11H7BrFN3O4/c12-7-5-15(11(18)14-10(7)17)4-6-2-1-3-8(9(6)13)16(19)20/h1-3,5H,4H2,(H,14,17,18). The van der Waals surface area contributed by atoms with Gasteiger partial charge in [0.1, 0.15) is 0 Å². The number of aromatic amines is 1. The number of nitro groups is 1. The van der Waals surface area contributed by atoms with E-state index in [1.54, 1.807) is 0 Å². The van der Waals surface area contributed by atoms with E-state index >= 15 is 0 Å². The second-order valence-electron chi connectivity index (χ2n) is 3.87. The average molecular weight is 344 g/mol. The lowest BCUT2D eigenvalue weighted by molar-refractivity contribution is -0.387. The quantitative estimate of drug-likeness (QED) is 0.672. The molecule has 0 spiro atoms. The molecule has 0 atom stereocenters. The Morgan fingerprint density at radius 2 is 2.10 bits per heavy atom. The Hall–Kier alpha value is -2.29. The molecule has 0 unspecified atom stereocenters. The molecule has 2 rings (SSSR count). The fourth-order valence-electron chi connectivity index (χ4n) is 1.61. The van der Waals surface area contributed by atoms with Crippen LogP contribution in [0.2, 0.25) is 0 Å². The van der Waals surface area contributed by atoms with Crippen LogP contribution < -0.4 is 11.2 Å². The molecule has 0 amide bonds. The SMILES string of the molecule is O=c1[nH]c(=O)n(Cc2cccc([N+](=O)[O-])c2F)cc1Br. The van der Waals surface area contributed by atoms with Gasteiger partial charge in [-0.2, -0.15) is 4.39 Å². The van der Waals surface area contributed by atoms with Crippen LogP contribution in [0, 0.1) is 15.9 Å². The summed E-state index contributed by atoms with van der Waals surface area (Å²) >= 11 is 2.94. The van der Waals surface area contributed by atoms with E-state index in [2.05, 4.69) is 15.9 Å². The van der Waals surface area contributed by atoms with Gasteiger partial charge in [0.05, 0.1) is 15.9 Å². The Morgan fingerprint density at radius 1 is 1.40 bits per heavy atom. The summed E-state index contributed by atoms with van der Waals surface area (Å²) < 4.78 is 15.0. The number of nitro benzene ring substituents is 1. The molecule has 1 N–H and O–H groups in total. The molecule has 7 nitrogen and oxygen atoms in total. The maximum atomic E-state index is 13.9. The molecular formula is C11H7BrFN3O4. The van der Waals surface area contributed by atoms with Gasteiger partial charge in [-0.25, -0.2) is 4.79 Å². The molecule has 0 aliphatic rings. The van der Waals surface area contributed by atoms with Crippen LogP contribution in [-0.2, 0) is 6.54 Å². The van der Waals surface area contributed by atoms with Crippen molar-refractivity contribution < 1.29 is 9.31 Å². The van der Waals surface area contributed by atoms with Gasteiger partial charge in [0.2, 0.25) is 5.82 Å². The van der Waals surface area contributed by atoms with Gasteiger partial charge < -0.3 is 0 Å². The molecule has 1 aromatic heterocycles. The van der Waals surface area contributed by atoms with Crippen molar-refractivity contribution in [2.45, 2.75) is 6.54 Å². The zero-order chi connectivity index (χ0) is 14.9. The molecule has 0 fully saturated rings. The zero-order valence-corrected chi connectivity index (χ0v) is 11.4. The predicted octanol–water partition coefficient (Wildman–Crippen LogP) is 1.39. The molecular weight excluding hydrogens is 337 g/mol. The smallest absolute Gasteiger partial charge is 0.295 e.